The quantitative estimate of drug-likeness (QED) is 0.719. The van der Waals surface area contributed by atoms with Gasteiger partial charge in [-0.15, -0.1) is 15.3 Å². The number of piperazine rings is 1. The van der Waals surface area contributed by atoms with E-state index in [0.29, 0.717) is 43.4 Å². The average molecular weight is 381 g/mol. The summed E-state index contributed by atoms with van der Waals surface area (Å²) < 4.78 is 12.4. The second-order valence-corrected chi connectivity index (χ2v) is 6.68. The number of carbonyl (C=O) groups is 1. The van der Waals surface area contributed by atoms with Crippen molar-refractivity contribution in [2.45, 2.75) is 6.92 Å². The van der Waals surface area contributed by atoms with Crippen molar-refractivity contribution in [1.82, 2.24) is 24.7 Å². The number of nitrogens with zero attached hydrogens (tertiary/aromatic N) is 6. The van der Waals surface area contributed by atoms with Crippen LogP contribution in [0.25, 0.3) is 5.65 Å². The molecule has 2 aliphatic heterocycles. The molecule has 0 spiro atoms. The van der Waals surface area contributed by atoms with Gasteiger partial charge in [-0.2, -0.15) is 4.52 Å². The van der Waals surface area contributed by atoms with Gasteiger partial charge in [0.25, 0.3) is 0 Å². The van der Waals surface area contributed by atoms with Crippen LogP contribution in [0.1, 0.15) is 5.82 Å². The second-order valence-electron chi connectivity index (χ2n) is 6.68. The molecule has 2 amide bonds. The number of hydrogen-bond acceptors (Lipinski definition) is 7. The molecule has 1 saturated heterocycles. The van der Waals surface area contributed by atoms with E-state index in [9.17, 15) is 4.79 Å². The summed E-state index contributed by atoms with van der Waals surface area (Å²) in [6.07, 6.45) is 0. The van der Waals surface area contributed by atoms with Gasteiger partial charge < -0.3 is 24.6 Å². The van der Waals surface area contributed by atoms with E-state index < -0.39 is 0 Å². The van der Waals surface area contributed by atoms with E-state index in [4.69, 9.17) is 9.47 Å². The topological polar surface area (TPSA) is 97.1 Å². The molecule has 2 aromatic heterocycles. The van der Waals surface area contributed by atoms with Crippen molar-refractivity contribution in [2.24, 2.45) is 0 Å². The largest absolute Gasteiger partial charge is 0.454 e. The highest BCUT2D eigenvalue weighted by Gasteiger charge is 2.23. The molecule has 1 fully saturated rings. The molecular weight excluding hydrogens is 362 g/mol. The predicted octanol–water partition coefficient (Wildman–Crippen LogP) is 1.52. The molecule has 144 valence electrons. The fourth-order valence-electron chi connectivity index (χ4n) is 3.37. The number of amides is 2. The van der Waals surface area contributed by atoms with Crippen LogP contribution in [-0.2, 0) is 0 Å². The lowest BCUT2D eigenvalue weighted by molar-refractivity contribution is 0.174. The number of aromatic nitrogens is 4. The third-order valence-electron chi connectivity index (χ3n) is 4.92. The lowest BCUT2D eigenvalue weighted by Crippen LogP contribution is -2.50. The van der Waals surface area contributed by atoms with E-state index in [1.165, 1.54) is 0 Å². The molecule has 4 heterocycles. The maximum absolute atomic E-state index is 12.6. The molecule has 0 atom stereocenters. The lowest BCUT2D eigenvalue weighted by atomic mass is 10.2. The van der Waals surface area contributed by atoms with Gasteiger partial charge in [0.1, 0.15) is 5.82 Å². The molecule has 1 N–H and O–H groups in total. The van der Waals surface area contributed by atoms with Gasteiger partial charge >= 0.3 is 6.03 Å². The Kier molecular flexibility index (Phi) is 3.89. The fourth-order valence-corrected chi connectivity index (χ4v) is 3.37. The monoisotopic (exact) mass is 381 g/mol. The molecule has 10 nitrogen and oxygen atoms in total. The van der Waals surface area contributed by atoms with E-state index in [2.05, 4.69) is 25.5 Å². The first kappa shape index (κ1) is 16.6. The minimum atomic E-state index is -0.128. The Hall–Kier alpha value is -3.56. The molecular formula is C18H19N7O3. The van der Waals surface area contributed by atoms with Crippen LogP contribution < -0.4 is 19.7 Å². The normalized spacial score (nSPS) is 15.9. The van der Waals surface area contributed by atoms with E-state index in [-0.39, 0.29) is 12.8 Å². The van der Waals surface area contributed by atoms with Gasteiger partial charge in [0.15, 0.2) is 23.0 Å². The van der Waals surface area contributed by atoms with Crippen LogP contribution in [0.15, 0.2) is 30.3 Å². The van der Waals surface area contributed by atoms with Crippen molar-refractivity contribution >= 4 is 23.2 Å². The summed E-state index contributed by atoms with van der Waals surface area (Å²) >= 11 is 0. The number of nitrogens with one attached hydrogen (secondary N) is 1. The zero-order valence-electron chi connectivity index (χ0n) is 15.3. The molecule has 10 heteroatoms. The first-order valence-corrected chi connectivity index (χ1v) is 9.07. The van der Waals surface area contributed by atoms with Crippen LogP contribution in [0.5, 0.6) is 11.5 Å². The first-order valence-electron chi connectivity index (χ1n) is 9.07. The number of rotatable bonds is 2. The van der Waals surface area contributed by atoms with Crippen molar-refractivity contribution in [2.75, 3.05) is 43.2 Å². The van der Waals surface area contributed by atoms with E-state index >= 15 is 0 Å². The molecule has 0 bridgehead atoms. The number of carbonyl (C=O) groups excluding carboxylic acids is 1. The lowest BCUT2D eigenvalue weighted by Gasteiger charge is -2.35. The van der Waals surface area contributed by atoms with Gasteiger partial charge in [-0.05, 0) is 31.2 Å². The number of urea groups is 1. The van der Waals surface area contributed by atoms with Crippen molar-refractivity contribution in [3.05, 3.63) is 36.2 Å². The van der Waals surface area contributed by atoms with Crippen LogP contribution in [0.4, 0.5) is 16.3 Å². The van der Waals surface area contributed by atoms with Crippen molar-refractivity contribution in [3.8, 4) is 11.5 Å². The van der Waals surface area contributed by atoms with Gasteiger partial charge in [0, 0.05) is 37.9 Å². The van der Waals surface area contributed by atoms with Gasteiger partial charge in [0.2, 0.25) is 6.79 Å². The summed E-state index contributed by atoms with van der Waals surface area (Å²) in [6.45, 7) is 4.70. The third kappa shape index (κ3) is 2.92. The van der Waals surface area contributed by atoms with Gasteiger partial charge in [-0.25, -0.2) is 4.79 Å². The third-order valence-corrected chi connectivity index (χ3v) is 4.92. The zero-order valence-corrected chi connectivity index (χ0v) is 15.3. The van der Waals surface area contributed by atoms with Crippen LogP contribution in [-0.4, -0.2) is 63.7 Å². The van der Waals surface area contributed by atoms with Gasteiger partial charge in [0.05, 0.1) is 0 Å². The molecule has 0 unspecified atom stereocenters. The van der Waals surface area contributed by atoms with Gasteiger partial charge in [-0.3, -0.25) is 0 Å². The second kappa shape index (κ2) is 6.55. The Morgan fingerprint density at radius 3 is 2.71 bits per heavy atom. The maximum atomic E-state index is 12.6. The number of anilines is 2. The Bertz CT molecular complexity index is 1040. The van der Waals surface area contributed by atoms with E-state index in [1.807, 2.05) is 25.1 Å². The Balaban J connectivity index is 1.22. The highest BCUT2D eigenvalue weighted by atomic mass is 16.7. The number of benzene rings is 1. The smallest absolute Gasteiger partial charge is 0.321 e. The predicted molar refractivity (Wildman–Crippen MR) is 101 cm³/mol. The summed E-state index contributed by atoms with van der Waals surface area (Å²) in [5.41, 5.74) is 1.41. The Labute approximate surface area is 160 Å². The maximum Gasteiger partial charge on any atom is 0.321 e. The highest BCUT2D eigenvalue weighted by Crippen LogP contribution is 2.34. The summed E-state index contributed by atoms with van der Waals surface area (Å²) in [6, 6.07) is 9.09. The van der Waals surface area contributed by atoms with Crippen molar-refractivity contribution < 1.29 is 14.3 Å². The number of ether oxygens (including phenoxy) is 2. The van der Waals surface area contributed by atoms with Crippen molar-refractivity contribution in [1.29, 1.82) is 0 Å². The van der Waals surface area contributed by atoms with Gasteiger partial charge in [-0.1, -0.05) is 0 Å². The molecule has 0 saturated carbocycles. The summed E-state index contributed by atoms with van der Waals surface area (Å²) in [5.74, 6) is 2.94. The molecule has 5 rings (SSSR count). The van der Waals surface area contributed by atoms with E-state index in [1.54, 1.807) is 21.5 Å². The molecule has 1 aromatic carbocycles. The van der Waals surface area contributed by atoms with Crippen molar-refractivity contribution in [3.63, 3.8) is 0 Å². The fraction of sp³-hybridized carbons (Fsp3) is 0.333. The molecule has 28 heavy (non-hydrogen) atoms. The average Bonchev–Trinajstić information content (AvgIpc) is 3.34. The molecule has 3 aromatic rings. The zero-order chi connectivity index (χ0) is 19.1. The molecule has 2 aliphatic rings. The Morgan fingerprint density at radius 2 is 1.86 bits per heavy atom. The van der Waals surface area contributed by atoms with Crippen LogP contribution >= 0.6 is 0 Å². The standard InChI is InChI=1S/C18H19N7O3/c1-12-20-21-16-4-5-17(22-25(12)16)23-6-8-24(9-7-23)18(26)19-13-2-3-14-15(10-13)28-11-27-14/h2-5,10H,6-9,11H2,1H3,(H,19,26). The summed E-state index contributed by atoms with van der Waals surface area (Å²) in [5, 5.41) is 15.6. The Morgan fingerprint density at radius 1 is 1.04 bits per heavy atom. The summed E-state index contributed by atoms with van der Waals surface area (Å²) in [7, 11) is 0. The SMILES string of the molecule is Cc1nnc2ccc(N3CCN(C(=O)Nc4ccc5c(c4)OCO5)CC3)nn12. The number of fused-ring (bicyclic) bond motifs is 2. The summed E-state index contributed by atoms with van der Waals surface area (Å²) in [4.78, 5) is 16.5. The van der Waals surface area contributed by atoms with E-state index in [0.717, 1.165) is 17.3 Å². The van der Waals surface area contributed by atoms with Crippen LogP contribution in [0, 0.1) is 6.92 Å². The minimum absolute atomic E-state index is 0.128. The van der Waals surface area contributed by atoms with Crippen LogP contribution in [0.3, 0.4) is 0 Å². The number of hydrogen-bond donors (Lipinski definition) is 1. The molecule has 0 aliphatic carbocycles. The first-order chi connectivity index (χ1) is 13.7. The highest BCUT2D eigenvalue weighted by molar-refractivity contribution is 5.90. The van der Waals surface area contributed by atoms with Crippen LogP contribution in [0.2, 0.25) is 0 Å². The minimum Gasteiger partial charge on any atom is -0.454 e. The molecule has 0 radical (unpaired) electrons. The number of aryl methyl sites for hydroxylation is 1.